The molecule has 3 nitrogen and oxygen atoms in total. The minimum Gasteiger partial charge on any atom is -0.372 e. The summed E-state index contributed by atoms with van der Waals surface area (Å²) in [5, 5.41) is -0.0440. The summed E-state index contributed by atoms with van der Waals surface area (Å²) in [6.07, 6.45) is 1.82. The van der Waals surface area contributed by atoms with Gasteiger partial charge in [0.25, 0.3) is 5.91 Å². The molecule has 0 atom stereocenters. The van der Waals surface area contributed by atoms with Crippen LogP contribution in [0.4, 0.5) is 15.8 Å². The van der Waals surface area contributed by atoms with E-state index in [4.69, 9.17) is 23.8 Å². The van der Waals surface area contributed by atoms with Crippen LogP contribution in [-0.2, 0) is 4.79 Å². The van der Waals surface area contributed by atoms with Crippen molar-refractivity contribution in [3.63, 3.8) is 0 Å². The lowest BCUT2D eigenvalue weighted by Crippen LogP contribution is -2.27. The third-order valence-corrected chi connectivity index (χ3v) is 5.87. The first kappa shape index (κ1) is 19.9. The average Bonchev–Trinajstić information content (AvgIpc) is 2.93. The van der Waals surface area contributed by atoms with Gasteiger partial charge in [0.15, 0.2) is 4.32 Å². The Kier molecular flexibility index (Phi) is 6.19. The second kappa shape index (κ2) is 8.42. The van der Waals surface area contributed by atoms with E-state index in [0.29, 0.717) is 14.9 Å². The number of amides is 1. The molecule has 7 heteroatoms. The van der Waals surface area contributed by atoms with Crippen LogP contribution in [0.1, 0.15) is 19.4 Å². The normalized spacial score (nSPS) is 15.7. The molecule has 3 rings (SSSR count). The molecule has 0 bridgehead atoms. The van der Waals surface area contributed by atoms with Gasteiger partial charge in [0, 0.05) is 18.8 Å². The number of halogens is 2. The van der Waals surface area contributed by atoms with Gasteiger partial charge in [-0.05, 0) is 55.8 Å². The average molecular weight is 421 g/mol. The highest BCUT2D eigenvalue weighted by molar-refractivity contribution is 8.27. The van der Waals surface area contributed by atoms with E-state index in [2.05, 4.69) is 18.7 Å². The molecule has 0 aromatic heterocycles. The molecular weight excluding hydrogens is 403 g/mol. The van der Waals surface area contributed by atoms with Gasteiger partial charge in [-0.15, -0.1) is 0 Å². The fourth-order valence-electron chi connectivity index (χ4n) is 2.84. The molecule has 0 unspecified atom stereocenters. The van der Waals surface area contributed by atoms with E-state index >= 15 is 0 Å². The summed E-state index contributed by atoms with van der Waals surface area (Å²) in [6, 6.07) is 12.2. The highest BCUT2D eigenvalue weighted by Gasteiger charge is 2.33. The highest BCUT2D eigenvalue weighted by atomic mass is 35.5. The Balaban J connectivity index is 1.84. The van der Waals surface area contributed by atoms with Crippen molar-refractivity contribution in [2.45, 2.75) is 13.8 Å². The van der Waals surface area contributed by atoms with Crippen LogP contribution in [0.2, 0.25) is 5.02 Å². The first-order valence-corrected chi connectivity index (χ1v) is 10.1. The third-order valence-electron chi connectivity index (χ3n) is 4.27. The summed E-state index contributed by atoms with van der Waals surface area (Å²) in [6.45, 7) is 6.11. The lowest BCUT2D eigenvalue weighted by molar-refractivity contribution is -0.113. The number of carbonyl (C=O) groups excluding carboxylic acids is 1. The maximum absolute atomic E-state index is 13.4. The third kappa shape index (κ3) is 4.18. The molecule has 1 aliphatic rings. The highest BCUT2D eigenvalue weighted by Crippen LogP contribution is 2.37. The zero-order chi connectivity index (χ0) is 19.6. The van der Waals surface area contributed by atoms with Gasteiger partial charge in [-0.3, -0.25) is 9.69 Å². The summed E-state index contributed by atoms with van der Waals surface area (Å²) < 4.78 is 13.8. The van der Waals surface area contributed by atoms with Crippen molar-refractivity contribution in [1.82, 2.24) is 0 Å². The number of hydrogen-bond donors (Lipinski definition) is 0. The van der Waals surface area contributed by atoms with Crippen molar-refractivity contribution < 1.29 is 9.18 Å². The minimum absolute atomic E-state index is 0.0440. The Morgan fingerprint density at radius 3 is 2.44 bits per heavy atom. The summed E-state index contributed by atoms with van der Waals surface area (Å²) in [5.74, 6) is -0.768. The summed E-state index contributed by atoms with van der Waals surface area (Å²) in [7, 11) is 0. The lowest BCUT2D eigenvalue weighted by atomic mass is 10.1. The Morgan fingerprint density at radius 2 is 1.85 bits per heavy atom. The molecule has 2 aromatic rings. The summed E-state index contributed by atoms with van der Waals surface area (Å²) >= 11 is 12.4. The van der Waals surface area contributed by atoms with Crippen LogP contribution in [0.15, 0.2) is 47.4 Å². The molecule has 0 aliphatic carbocycles. The second-order valence-electron chi connectivity index (χ2n) is 5.88. The number of hydrogen-bond acceptors (Lipinski definition) is 4. The molecular formula is C20H18ClFN2OS2. The zero-order valence-electron chi connectivity index (χ0n) is 14.9. The zero-order valence-corrected chi connectivity index (χ0v) is 17.3. The molecule has 0 radical (unpaired) electrons. The topological polar surface area (TPSA) is 23.6 Å². The predicted octanol–water partition coefficient (Wildman–Crippen LogP) is 5.73. The van der Waals surface area contributed by atoms with Gasteiger partial charge >= 0.3 is 0 Å². The number of rotatable bonds is 5. The maximum atomic E-state index is 13.4. The monoisotopic (exact) mass is 420 g/mol. The summed E-state index contributed by atoms with van der Waals surface area (Å²) in [4.78, 5) is 16.9. The molecule has 0 spiro atoms. The van der Waals surface area contributed by atoms with Crippen molar-refractivity contribution in [2.24, 2.45) is 0 Å². The SMILES string of the molecule is CCN(CC)c1ccc(C=C2SC(=S)N(c3ccc(F)c(Cl)c3)C2=O)cc1. The number of carbonyl (C=O) groups is 1. The first-order valence-electron chi connectivity index (χ1n) is 8.52. The number of nitrogens with zero attached hydrogens (tertiary/aromatic N) is 2. The van der Waals surface area contributed by atoms with Gasteiger partial charge < -0.3 is 4.90 Å². The van der Waals surface area contributed by atoms with E-state index in [1.54, 1.807) is 0 Å². The quantitative estimate of drug-likeness (QED) is 0.455. The van der Waals surface area contributed by atoms with Gasteiger partial charge in [0.05, 0.1) is 15.6 Å². The van der Waals surface area contributed by atoms with Crippen LogP contribution >= 0.6 is 35.6 Å². The molecule has 140 valence electrons. The Morgan fingerprint density at radius 1 is 1.19 bits per heavy atom. The van der Waals surface area contributed by atoms with Crippen molar-refractivity contribution in [3.05, 3.63) is 63.8 Å². The first-order chi connectivity index (χ1) is 12.9. The van der Waals surface area contributed by atoms with Gasteiger partial charge in [-0.1, -0.05) is 47.7 Å². The minimum atomic E-state index is -0.533. The van der Waals surface area contributed by atoms with Crippen molar-refractivity contribution >= 4 is 63.3 Å². The predicted molar refractivity (Wildman–Crippen MR) is 117 cm³/mol. The number of thiocarbonyl (C=S) groups is 1. The van der Waals surface area contributed by atoms with Crippen LogP contribution in [-0.4, -0.2) is 23.3 Å². The van der Waals surface area contributed by atoms with E-state index in [0.717, 1.165) is 24.3 Å². The van der Waals surface area contributed by atoms with E-state index in [1.165, 1.54) is 34.9 Å². The molecule has 1 aliphatic heterocycles. The summed E-state index contributed by atoms with van der Waals surface area (Å²) in [5.41, 5.74) is 2.53. The van der Waals surface area contributed by atoms with E-state index in [9.17, 15) is 9.18 Å². The van der Waals surface area contributed by atoms with Gasteiger partial charge in [-0.25, -0.2) is 4.39 Å². The Bertz CT molecular complexity index is 911. The van der Waals surface area contributed by atoms with Crippen LogP contribution in [0.3, 0.4) is 0 Å². The fraction of sp³-hybridized carbons (Fsp3) is 0.200. The maximum Gasteiger partial charge on any atom is 0.270 e. The molecule has 1 heterocycles. The number of benzene rings is 2. The largest absolute Gasteiger partial charge is 0.372 e. The molecule has 0 N–H and O–H groups in total. The fourth-order valence-corrected chi connectivity index (χ4v) is 4.31. The van der Waals surface area contributed by atoms with E-state index in [1.807, 2.05) is 30.3 Å². The van der Waals surface area contributed by atoms with Gasteiger partial charge in [0.2, 0.25) is 0 Å². The van der Waals surface area contributed by atoms with Crippen molar-refractivity contribution in [3.8, 4) is 0 Å². The van der Waals surface area contributed by atoms with E-state index in [-0.39, 0.29) is 10.9 Å². The molecule has 1 amide bonds. The van der Waals surface area contributed by atoms with Crippen molar-refractivity contribution in [2.75, 3.05) is 22.9 Å². The standard InChI is InChI=1S/C20H18ClFN2OS2/c1-3-23(4-2)14-7-5-13(6-8-14)11-18-19(25)24(20(26)27-18)15-9-10-17(22)16(21)12-15/h5-12H,3-4H2,1-2H3. The van der Waals surface area contributed by atoms with E-state index < -0.39 is 5.82 Å². The van der Waals surface area contributed by atoms with Crippen LogP contribution in [0, 0.1) is 5.82 Å². The molecule has 2 aromatic carbocycles. The Hall–Kier alpha value is -1.89. The van der Waals surface area contributed by atoms with Crippen molar-refractivity contribution in [1.29, 1.82) is 0 Å². The Labute approximate surface area is 172 Å². The van der Waals surface area contributed by atoms with Gasteiger partial charge in [0.1, 0.15) is 5.82 Å². The van der Waals surface area contributed by atoms with Crippen LogP contribution in [0.5, 0.6) is 0 Å². The number of thioether (sulfide) groups is 1. The lowest BCUT2D eigenvalue weighted by Gasteiger charge is -2.20. The van der Waals surface area contributed by atoms with Crippen LogP contribution in [0.25, 0.3) is 6.08 Å². The molecule has 1 saturated heterocycles. The smallest absolute Gasteiger partial charge is 0.270 e. The molecule has 1 fully saturated rings. The van der Waals surface area contributed by atoms with Gasteiger partial charge in [-0.2, -0.15) is 0 Å². The van der Waals surface area contributed by atoms with Crippen LogP contribution < -0.4 is 9.80 Å². The molecule has 0 saturated carbocycles. The second-order valence-corrected chi connectivity index (χ2v) is 7.96. The molecule has 27 heavy (non-hydrogen) atoms. The number of anilines is 2.